The highest BCUT2D eigenvalue weighted by atomic mass is 32.2. The Morgan fingerprint density at radius 3 is 2.96 bits per heavy atom. The maximum Gasteiger partial charge on any atom is 0.230 e. The van der Waals surface area contributed by atoms with E-state index < -0.39 is 6.10 Å². The van der Waals surface area contributed by atoms with Crippen molar-refractivity contribution >= 4 is 17.7 Å². The van der Waals surface area contributed by atoms with Crippen LogP contribution in [0.5, 0.6) is 0 Å². The number of benzene rings is 1. The molecule has 5 nitrogen and oxygen atoms in total. The van der Waals surface area contributed by atoms with Crippen molar-refractivity contribution in [2.75, 3.05) is 12.3 Å². The van der Waals surface area contributed by atoms with Gasteiger partial charge < -0.3 is 10.4 Å². The lowest BCUT2D eigenvalue weighted by molar-refractivity contribution is -0.118. The maximum absolute atomic E-state index is 11.8. The molecule has 2 rings (SSSR count). The number of nitrogens with zero attached hydrogens (tertiary/aromatic N) is 2. The summed E-state index contributed by atoms with van der Waals surface area (Å²) in [7, 11) is 0. The van der Waals surface area contributed by atoms with Crippen molar-refractivity contribution in [2.45, 2.75) is 38.5 Å². The van der Waals surface area contributed by atoms with Gasteiger partial charge in [0.15, 0.2) is 5.16 Å². The van der Waals surface area contributed by atoms with Gasteiger partial charge in [0, 0.05) is 18.9 Å². The number of thioether (sulfide) groups is 1. The molecule has 0 aliphatic carbocycles. The van der Waals surface area contributed by atoms with Crippen LogP contribution in [0.1, 0.15) is 24.5 Å². The van der Waals surface area contributed by atoms with Crippen molar-refractivity contribution in [2.24, 2.45) is 0 Å². The third-order valence-electron chi connectivity index (χ3n) is 3.66. The first-order chi connectivity index (χ1) is 11.0. The number of amides is 1. The molecular formula is C17H23N3O2S. The standard InChI is InChI=1S/C17H23N3O2S/c1-12-5-4-6-15(14(12)3)20-10-9-19-17(20)23-11-16(22)18-8-7-13(2)21/h4-6,9-10,13,21H,7-8,11H2,1-3H3,(H,18,22). The zero-order valence-corrected chi connectivity index (χ0v) is 14.6. The van der Waals surface area contributed by atoms with Crippen molar-refractivity contribution in [3.8, 4) is 5.69 Å². The van der Waals surface area contributed by atoms with Gasteiger partial charge in [0.1, 0.15) is 0 Å². The molecule has 0 aliphatic rings. The van der Waals surface area contributed by atoms with Crippen LogP contribution in [0.3, 0.4) is 0 Å². The highest BCUT2D eigenvalue weighted by molar-refractivity contribution is 7.99. The number of carbonyl (C=O) groups excluding carboxylic acids is 1. The molecule has 1 atom stereocenters. The molecule has 0 bridgehead atoms. The normalized spacial score (nSPS) is 12.2. The quantitative estimate of drug-likeness (QED) is 0.764. The molecule has 6 heteroatoms. The number of aliphatic hydroxyl groups is 1. The van der Waals surface area contributed by atoms with Crippen LogP contribution in [0.15, 0.2) is 35.7 Å². The zero-order chi connectivity index (χ0) is 16.8. The number of imidazole rings is 1. The van der Waals surface area contributed by atoms with E-state index in [0.29, 0.717) is 18.7 Å². The smallest absolute Gasteiger partial charge is 0.230 e. The summed E-state index contributed by atoms with van der Waals surface area (Å²) in [6.45, 7) is 6.37. The van der Waals surface area contributed by atoms with Crippen LogP contribution in [-0.4, -0.2) is 39.0 Å². The summed E-state index contributed by atoms with van der Waals surface area (Å²) in [5.74, 6) is 0.257. The molecule has 2 N–H and O–H groups in total. The fourth-order valence-electron chi connectivity index (χ4n) is 2.18. The lowest BCUT2D eigenvalue weighted by atomic mass is 10.1. The van der Waals surface area contributed by atoms with Gasteiger partial charge in [-0.25, -0.2) is 4.98 Å². The Hall–Kier alpha value is -1.79. The molecule has 0 aliphatic heterocycles. The average molecular weight is 333 g/mol. The molecule has 1 unspecified atom stereocenters. The lowest BCUT2D eigenvalue weighted by Gasteiger charge is -2.12. The molecule has 0 saturated carbocycles. The second-order valence-corrected chi connectivity index (χ2v) is 6.52. The summed E-state index contributed by atoms with van der Waals surface area (Å²) in [4.78, 5) is 16.2. The van der Waals surface area contributed by atoms with Gasteiger partial charge in [-0.05, 0) is 44.4 Å². The second-order valence-electron chi connectivity index (χ2n) is 5.58. The van der Waals surface area contributed by atoms with Crippen LogP contribution in [0, 0.1) is 13.8 Å². The van der Waals surface area contributed by atoms with Crippen LogP contribution >= 0.6 is 11.8 Å². The summed E-state index contributed by atoms with van der Waals surface area (Å²) in [5, 5.41) is 12.8. The molecule has 1 heterocycles. The van der Waals surface area contributed by atoms with Gasteiger partial charge >= 0.3 is 0 Å². The number of carbonyl (C=O) groups is 1. The van der Waals surface area contributed by atoms with Gasteiger partial charge in [-0.2, -0.15) is 0 Å². The molecule has 124 valence electrons. The maximum atomic E-state index is 11.8. The van der Waals surface area contributed by atoms with E-state index in [1.807, 2.05) is 16.8 Å². The van der Waals surface area contributed by atoms with E-state index in [4.69, 9.17) is 0 Å². The second kappa shape index (κ2) is 8.17. The number of hydrogen-bond donors (Lipinski definition) is 2. The number of hydrogen-bond acceptors (Lipinski definition) is 4. The van der Waals surface area contributed by atoms with E-state index >= 15 is 0 Å². The predicted molar refractivity (Wildman–Crippen MR) is 93.1 cm³/mol. The highest BCUT2D eigenvalue weighted by Gasteiger charge is 2.11. The number of aromatic nitrogens is 2. The molecule has 23 heavy (non-hydrogen) atoms. The lowest BCUT2D eigenvalue weighted by Crippen LogP contribution is -2.28. The van der Waals surface area contributed by atoms with Crippen LogP contribution in [-0.2, 0) is 4.79 Å². The Morgan fingerprint density at radius 2 is 2.22 bits per heavy atom. The van der Waals surface area contributed by atoms with Gasteiger partial charge in [-0.3, -0.25) is 9.36 Å². The summed E-state index contributed by atoms with van der Waals surface area (Å²) < 4.78 is 2.01. The van der Waals surface area contributed by atoms with Crippen molar-refractivity contribution in [3.05, 3.63) is 41.7 Å². The Labute approximate surface area is 141 Å². The molecule has 1 amide bonds. The van der Waals surface area contributed by atoms with Crippen LogP contribution < -0.4 is 5.32 Å². The summed E-state index contributed by atoms with van der Waals surface area (Å²) >= 11 is 1.41. The molecule has 0 saturated heterocycles. The Kier molecular flexibility index (Phi) is 6.24. The van der Waals surface area contributed by atoms with Crippen molar-refractivity contribution in [1.82, 2.24) is 14.9 Å². The van der Waals surface area contributed by atoms with Crippen molar-refractivity contribution in [3.63, 3.8) is 0 Å². The number of aliphatic hydroxyl groups excluding tert-OH is 1. The molecular weight excluding hydrogens is 310 g/mol. The number of rotatable bonds is 7. The minimum Gasteiger partial charge on any atom is -0.393 e. The summed E-state index contributed by atoms with van der Waals surface area (Å²) in [6, 6.07) is 6.16. The number of nitrogens with one attached hydrogen (secondary N) is 1. The summed E-state index contributed by atoms with van der Waals surface area (Å²) in [6.07, 6.45) is 3.82. The van der Waals surface area contributed by atoms with Gasteiger partial charge in [-0.15, -0.1) is 0 Å². The molecule has 0 radical (unpaired) electrons. The first-order valence-corrected chi connectivity index (χ1v) is 8.65. The zero-order valence-electron chi connectivity index (χ0n) is 13.7. The van der Waals surface area contributed by atoms with Gasteiger partial charge in [-0.1, -0.05) is 23.9 Å². The van der Waals surface area contributed by atoms with E-state index in [9.17, 15) is 9.90 Å². The fourth-order valence-corrected chi connectivity index (χ4v) is 2.97. The Balaban J connectivity index is 1.99. The van der Waals surface area contributed by atoms with Crippen LogP contribution in [0.25, 0.3) is 5.69 Å². The molecule has 0 fully saturated rings. The third kappa shape index (κ3) is 4.84. The Morgan fingerprint density at radius 1 is 1.43 bits per heavy atom. The van der Waals surface area contributed by atoms with Crippen LogP contribution in [0.2, 0.25) is 0 Å². The van der Waals surface area contributed by atoms with Gasteiger partial charge in [0.25, 0.3) is 0 Å². The topological polar surface area (TPSA) is 67.2 Å². The minimum absolute atomic E-state index is 0.0498. The SMILES string of the molecule is Cc1cccc(-n2ccnc2SCC(=O)NCCC(C)O)c1C. The molecule has 1 aromatic heterocycles. The van der Waals surface area contributed by atoms with Crippen molar-refractivity contribution < 1.29 is 9.90 Å². The fraction of sp³-hybridized carbons (Fsp3) is 0.412. The predicted octanol–water partition coefficient (Wildman–Crippen LogP) is 2.47. The minimum atomic E-state index is -0.397. The van der Waals surface area contributed by atoms with E-state index in [-0.39, 0.29) is 5.91 Å². The van der Waals surface area contributed by atoms with Crippen molar-refractivity contribution in [1.29, 1.82) is 0 Å². The van der Waals surface area contributed by atoms with E-state index in [0.717, 1.165) is 10.8 Å². The Bertz CT molecular complexity index is 668. The third-order valence-corrected chi connectivity index (χ3v) is 4.63. The monoisotopic (exact) mass is 333 g/mol. The molecule has 0 spiro atoms. The van der Waals surface area contributed by atoms with Gasteiger partial charge in [0.05, 0.1) is 17.5 Å². The number of aryl methyl sites for hydroxylation is 1. The average Bonchev–Trinajstić information content (AvgIpc) is 2.96. The van der Waals surface area contributed by atoms with E-state index in [1.165, 1.54) is 22.9 Å². The van der Waals surface area contributed by atoms with Crippen LogP contribution in [0.4, 0.5) is 0 Å². The first kappa shape index (κ1) is 17.6. The molecule has 2 aromatic rings. The van der Waals surface area contributed by atoms with E-state index in [2.05, 4.69) is 36.3 Å². The van der Waals surface area contributed by atoms with Gasteiger partial charge in [0.2, 0.25) is 5.91 Å². The summed E-state index contributed by atoms with van der Waals surface area (Å²) in [5.41, 5.74) is 3.51. The first-order valence-electron chi connectivity index (χ1n) is 7.66. The largest absolute Gasteiger partial charge is 0.393 e. The highest BCUT2D eigenvalue weighted by Crippen LogP contribution is 2.24. The van der Waals surface area contributed by atoms with E-state index in [1.54, 1.807) is 13.1 Å². The molecule has 1 aromatic carbocycles.